The zero-order valence-corrected chi connectivity index (χ0v) is 17.1. The lowest BCUT2D eigenvalue weighted by atomic mass is 10.0. The first-order chi connectivity index (χ1) is 13.0. The van der Waals surface area contributed by atoms with Crippen LogP contribution in [0.25, 0.3) is 0 Å². The van der Waals surface area contributed by atoms with E-state index in [0.717, 1.165) is 24.2 Å². The molecule has 2 atom stereocenters. The number of hydrogen-bond acceptors (Lipinski definition) is 3. The van der Waals surface area contributed by atoms with E-state index in [2.05, 4.69) is 35.5 Å². The Morgan fingerprint density at radius 1 is 1.33 bits per heavy atom. The summed E-state index contributed by atoms with van der Waals surface area (Å²) in [5.41, 5.74) is 1.14. The van der Waals surface area contributed by atoms with Crippen molar-refractivity contribution in [3.05, 3.63) is 29.8 Å². The molecule has 1 aromatic carbocycles. The van der Waals surface area contributed by atoms with Crippen molar-refractivity contribution in [2.75, 3.05) is 27.2 Å². The largest absolute Gasteiger partial charge is 0.493 e. The number of hydrogen-bond donors (Lipinski definition) is 2. The van der Waals surface area contributed by atoms with E-state index in [0.29, 0.717) is 18.6 Å². The normalized spacial score (nSPS) is 17.5. The lowest BCUT2D eigenvalue weighted by Gasteiger charge is -2.29. The predicted molar refractivity (Wildman–Crippen MR) is 110 cm³/mol. The molecule has 2 rings (SSSR count). The van der Waals surface area contributed by atoms with Crippen LogP contribution in [0.2, 0.25) is 0 Å². The Balaban J connectivity index is 2.07. The summed E-state index contributed by atoms with van der Waals surface area (Å²) >= 11 is 0. The van der Waals surface area contributed by atoms with Gasteiger partial charge in [-0.3, -0.25) is 4.79 Å². The number of para-hydroxylation sites is 1. The zero-order valence-electron chi connectivity index (χ0n) is 17.1. The standard InChI is InChI=1S/C21H34N4O2/c1-5-6-7-10-16(2)23-21(22-15-20(26)25(3)4)24-18-13-14-27-19-12-9-8-11-17(18)19/h8-9,11-12,16,18H,5-7,10,13-15H2,1-4H3,(H2,22,23,24). The van der Waals surface area contributed by atoms with Crippen molar-refractivity contribution >= 4 is 11.9 Å². The highest BCUT2D eigenvalue weighted by molar-refractivity contribution is 5.85. The van der Waals surface area contributed by atoms with Crippen LogP contribution in [-0.2, 0) is 4.79 Å². The molecule has 27 heavy (non-hydrogen) atoms. The quantitative estimate of drug-likeness (QED) is 0.417. The van der Waals surface area contributed by atoms with Crippen molar-refractivity contribution in [3.8, 4) is 5.75 Å². The third kappa shape index (κ3) is 6.77. The monoisotopic (exact) mass is 374 g/mol. The summed E-state index contributed by atoms with van der Waals surface area (Å²) in [6.07, 6.45) is 5.58. The zero-order chi connectivity index (χ0) is 19.6. The first-order valence-corrected chi connectivity index (χ1v) is 10.0. The van der Waals surface area contributed by atoms with Crippen molar-refractivity contribution in [2.24, 2.45) is 4.99 Å². The summed E-state index contributed by atoms with van der Waals surface area (Å²) in [5.74, 6) is 1.60. The summed E-state index contributed by atoms with van der Waals surface area (Å²) in [5, 5.41) is 6.99. The summed E-state index contributed by atoms with van der Waals surface area (Å²) < 4.78 is 5.75. The maximum absolute atomic E-state index is 12.0. The van der Waals surface area contributed by atoms with Crippen molar-refractivity contribution in [2.45, 2.75) is 58.0 Å². The lowest BCUT2D eigenvalue weighted by Crippen LogP contribution is -2.45. The number of carbonyl (C=O) groups is 1. The van der Waals surface area contributed by atoms with E-state index in [1.807, 2.05) is 18.2 Å². The molecule has 1 heterocycles. The second kappa shape index (κ2) is 10.8. The number of unbranched alkanes of at least 4 members (excludes halogenated alkanes) is 2. The molecular formula is C21H34N4O2. The Morgan fingerprint density at radius 2 is 2.11 bits per heavy atom. The Labute approximate surface area is 163 Å². The Hall–Kier alpha value is -2.24. The van der Waals surface area contributed by atoms with Gasteiger partial charge in [0.15, 0.2) is 5.96 Å². The third-order valence-corrected chi connectivity index (χ3v) is 4.76. The molecule has 0 bridgehead atoms. The molecule has 150 valence electrons. The molecule has 1 aromatic rings. The number of fused-ring (bicyclic) bond motifs is 1. The maximum atomic E-state index is 12.0. The van der Waals surface area contributed by atoms with Gasteiger partial charge in [-0.2, -0.15) is 0 Å². The van der Waals surface area contributed by atoms with Gasteiger partial charge >= 0.3 is 0 Å². The highest BCUT2D eigenvalue weighted by Crippen LogP contribution is 2.31. The van der Waals surface area contributed by atoms with Crippen LogP contribution in [0.1, 0.15) is 57.6 Å². The molecule has 1 aliphatic rings. The first-order valence-electron chi connectivity index (χ1n) is 10.0. The van der Waals surface area contributed by atoms with E-state index in [-0.39, 0.29) is 18.5 Å². The Kier molecular flexibility index (Phi) is 8.43. The van der Waals surface area contributed by atoms with E-state index >= 15 is 0 Å². The van der Waals surface area contributed by atoms with Crippen molar-refractivity contribution in [1.29, 1.82) is 0 Å². The average molecular weight is 375 g/mol. The predicted octanol–water partition coefficient (Wildman–Crippen LogP) is 3.10. The highest BCUT2D eigenvalue weighted by atomic mass is 16.5. The van der Waals surface area contributed by atoms with Crippen LogP contribution in [0.3, 0.4) is 0 Å². The van der Waals surface area contributed by atoms with Gasteiger partial charge in [-0.1, -0.05) is 44.4 Å². The van der Waals surface area contributed by atoms with Crippen LogP contribution >= 0.6 is 0 Å². The van der Waals surface area contributed by atoms with Gasteiger partial charge in [0, 0.05) is 32.1 Å². The van der Waals surface area contributed by atoms with E-state index in [1.165, 1.54) is 19.3 Å². The number of nitrogens with zero attached hydrogens (tertiary/aromatic N) is 2. The van der Waals surface area contributed by atoms with E-state index in [9.17, 15) is 4.79 Å². The second-order valence-corrected chi connectivity index (χ2v) is 7.37. The minimum atomic E-state index is -0.0119. The number of aliphatic imine (C=N–C) groups is 1. The van der Waals surface area contributed by atoms with E-state index in [4.69, 9.17) is 4.74 Å². The number of rotatable bonds is 8. The van der Waals surface area contributed by atoms with Crippen molar-refractivity contribution in [1.82, 2.24) is 15.5 Å². The minimum Gasteiger partial charge on any atom is -0.493 e. The third-order valence-electron chi connectivity index (χ3n) is 4.76. The van der Waals surface area contributed by atoms with Crippen molar-refractivity contribution in [3.63, 3.8) is 0 Å². The van der Waals surface area contributed by atoms with Crippen LogP contribution in [-0.4, -0.2) is 50.1 Å². The molecule has 1 aliphatic heterocycles. The molecule has 2 unspecified atom stereocenters. The fraction of sp³-hybridized carbons (Fsp3) is 0.619. The van der Waals surface area contributed by atoms with E-state index < -0.39 is 0 Å². The van der Waals surface area contributed by atoms with Gasteiger partial charge in [0.1, 0.15) is 12.3 Å². The SMILES string of the molecule is CCCCCC(C)NC(=NCC(=O)N(C)C)NC1CCOc2ccccc21. The fourth-order valence-corrected chi connectivity index (χ4v) is 3.08. The molecule has 2 N–H and O–H groups in total. The number of carbonyl (C=O) groups excluding carboxylic acids is 1. The summed E-state index contributed by atoms with van der Waals surface area (Å²) in [6.45, 7) is 5.18. The lowest BCUT2D eigenvalue weighted by molar-refractivity contribution is -0.127. The number of benzene rings is 1. The van der Waals surface area contributed by atoms with Crippen LogP contribution in [0.4, 0.5) is 0 Å². The fourth-order valence-electron chi connectivity index (χ4n) is 3.08. The minimum absolute atomic E-state index is 0.0119. The molecule has 0 saturated heterocycles. The number of amides is 1. The Bertz CT molecular complexity index is 630. The van der Waals surface area contributed by atoms with Gasteiger partial charge in [-0.15, -0.1) is 0 Å². The van der Waals surface area contributed by atoms with Gasteiger partial charge < -0.3 is 20.3 Å². The van der Waals surface area contributed by atoms with Gasteiger partial charge in [-0.25, -0.2) is 4.99 Å². The first kappa shape index (κ1) is 21.1. The van der Waals surface area contributed by atoms with Crippen LogP contribution in [0, 0.1) is 0 Å². The molecule has 1 amide bonds. The molecule has 6 heteroatoms. The molecule has 0 fully saturated rings. The van der Waals surface area contributed by atoms with Gasteiger partial charge in [0.2, 0.25) is 5.91 Å². The van der Waals surface area contributed by atoms with Crippen LogP contribution < -0.4 is 15.4 Å². The topological polar surface area (TPSA) is 66.0 Å². The number of ether oxygens (including phenoxy) is 1. The molecule has 0 aromatic heterocycles. The van der Waals surface area contributed by atoms with Crippen LogP contribution in [0.15, 0.2) is 29.3 Å². The number of guanidine groups is 1. The molecule has 0 saturated carbocycles. The molecule has 0 spiro atoms. The van der Waals surface area contributed by atoms with Gasteiger partial charge in [0.25, 0.3) is 0 Å². The average Bonchev–Trinajstić information content (AvgIpc) is 2.66. The second-order valence-electron chi connectivity index (χ2n) is 7.37. The molecule has 0 aliphatic carbocycles. The smallest absolute Gasteiger partial charge is 0.243 e. The van der Waals surface area contributed by atoms with Crippen LogP contribution in [0.5, 0.6) is 5.75 Å². The number of nitrogens with one attached hydrogen (secondary N) is 2. The highest BCUT2D eigenvalue weighted by Gasteiger charge is 2.22. The summed E-state index contributed by atoms with van der Waals surface area (Å²) in [4.78, 5) is 18.1. The summed E-state index contributed by atoms with van der Waals surface area (Å²) in [7, 11) is 3.50. The van der Waals surface area contributed by atoms with Crippen molar-refractivity contribution < 1.29 is 9.53 Å². The molecular weight excluding hydrogens is 340 g/mol. The van der Waals surface area contributed by atoms with Gasteiger partial charge in [-0.05, 0) is 19.4 Å². The molecule has 6 nitrogen and oxygen atoms in total. The van der Waals surface area contributed by atoms with E-state index in [1.54, 1.807) is 19.0 Å². The number of likely N-dealkylation sites (N-methyl/N-ethyl adjacent to an activating group) is 1. The maximum Gasteiger partial charge on any atom is 0.243 e. The molecule has 0 radical (unpaired) electrons. The summed E-state index contributed by atoms with van der Waals surface area (Å²) in [6, 6.07) is 8.51. The van der Waals surface area contributed by atoms with Gasteiger partial charge in [0.05, 0.1) is 12.6 Å². The Morgan fingerprint density at radius 3 is 2.85 bits per heavy atom.